The molecule has 1 unspecified atom stereocenters. The van der Waals surface area contributed by atoms with Gasteiger partial charge in [0.15, 0.2) is 11.6 Å². The van der Waals surface area contributed by atoms with Crippen LogP contribution in [0.4, 0.5) is 0 Å². The van der Waals surface area contributed by atoms with Crippen LogP contribution in [-0.2, 0) is 6.42 Å². The summed E-state index contributed by atoms with van der Waals surface area (Å²) in [5, 5.41) is 0. The van der Waals surface area contributed by atoms with E-state index in [0.717, 1.165) is 17.5 Å². The first kappa shape index (κ1) is 11.6. The van der Waals surface area contributed by atoms with E-state index in [-0.39, 0.29) is 17.6 Å². The number of Topliss-reactive ketones (excluding diaryl/α,β-unsaturated/α-hetero) is 1. The molecule has 5 nitrogen and oxygen atoms in total. The summed E-state index contributed by atoms with van der Waals surface area (Å²) in [5.41, 5.74) is 7.06. The third-order valence-corrected chi connectivity index (χ3v) is 3.50. The molecule has 1 aromatic heterocycles. The molecular weight excluding hydrogens is 242 g/mol. The van der Waals surface area contributed by atoms with Gasteiger partial charge in [-0.05, 0) is 18.4 Å². The number of ketones is 1. The summed E-state index contributed by atoms with van der Waals surface area (Å²) in [4.78, 5) is 27.7. The summed E-state index contributed by atoms with van der Waals surface area (Å²) in [6.45, 7) is 0. The van der Waals surface area contributed by atoms with E-state index in [0.29, 0.717) is 6.42 Å². The van der Waals surface area contributed by atoms with Gasteiger partial charge in [-0.15, -0.1) is 0 Å². The van der Waals surface area contributed by atoms with Gasteiger partial charge in [-0.1, -0.05) is 24.3 Å². The fraction of sp³-hybridized carbons (Fsp3) is 0.214. The van der Waals surface area contributed by atoms with Gasteiger partial charge >= 0.3 is 0 Å². The number of fused-ring (bicyclic) bond motifs is 1. The van der Waals surface area contributed by atoms with Gasteiger partial charge in [0.2, 0.25) is 0 Å². The minimum absolute atomic E-state index is 0.0161. The summed E-state index contributed by atoms with van der Waals surface area (Å²) in [7, 11) is 0. The number of carbonyl (C=O) groups is 2. The Bertz CT molecular complexity index is 660. The Morgan fingerprint density at radius 3 is 2.95 bits per heavy atom. The maximum atomic E-state index is 12.5. The van der Waals surface area contributed by atoms with Crippen molar-refractivity contribution in [1.82, 2.24) is 9.55 Å². The van der Waals surface area contributed by atoms with Crippen molar-refractivity contribution in [2.24, 2.45) is 5.73 Å². The Morgan fingerprint density at radius 1 is 1.37 bits per heavy atom. The Labute approximate surface area is 110 Å². The lowest BCUT2D eigenvalue weighted by Crippen LogP contribution is -2.29. The highest BCUT2D eigenvalue weighted by molar-refractivity contribution is 6.02. The predicted octanol–water partition coefficient (Wildman–Crippen LogP) is 1.35. The number of nitrogens with two attached hydrogens (primary N) is 1. The fourth-order valence-electron chi connectivity index (χ4n) is 2.60. The van der Waals surface area contributed by atoms with Crippen LogP contribution in [0.5, 0.6) is 0 Å². The molecule has 1 aromatic carbocycles. The Balaban J connectivity index is 2.03. The van der Waals surface area contributed by atoms with Crippen LogP contribution in [0.1, 0.15) is 39.0 Å². The van der Waals surface area contributed by atoms with E-state index in [1.54, 1.807) is 10.8 Å². The van der Waals surface area contributed by atoms with Crippen LogP contribution in [0, 0.1) is 0 Å². The number of hydrogen-bond acceptors (Lipinski definition) is 3. The van der Waals surface area contributed by atoms with Crippen LogP contribution < -0.4 is 5.73 Å². The van der Waals surface area contributed by atoms with Crippen LogP contribution in [-0.4, -0.2) is 21.2 Å². The molecule has 0 saturated heterocycles. The van der Waals surface area contributed by atoms with Crippen LogP contribution >= 0.6 is 0 Å². The van der Waals surface area contributed by atoms with Gasteiger partial charge in [0.25, 0.3) is 5.91 Å². The molecule has 0 fully saturated rings. The zero-order chi connectivity index (χ0) is 13.4. The van der Waals surface area contributed by atoms with E-state index in [4.69, 9.17) is 5.73 Å². The lowest BCUT2D eigenvalue weighted by molar-refractivity contribution is 0.0900. The molecule has 19 heavy (non-hydrogen) atoms. The predicted molar refractivity (Wildman–Crippen MR) is 68.9 cm³/mol. The number of nitrogens with zero attached hydrogens (tertiary/aromatic N) is 2. The quantitative estimate of drug-likeness (QED) is 0.879. The van der Waals surface area contributed by atoms with E-state index in [1.807, 2.05) is 24.3 Å². The van der Waals surface area contributed by atoms with Crippen LogP contribution in [0.3, 0.4) is 0 Å². The molecule has 1 amide bonds. The Hall–Kier alpha value is -2.43. The summed E-state index contributed by atoms with van der Waals surface area (Å²) < 4.78 is 1.58. The first-order chi connectivity index (χ1) is 9.18. The number of imidazole rings is 1. The lowest BCUT2D eigenvalue weighted by atomic mass is 9.87. The first-order valence-electron chi connectivity index (χ1n) is 6.13. The minimum Gasteiger partial charge on any atom is -0.363 e. The molecule has 3 rings (SSSR count). The zero-order valence-corrected chi connectivity index (χ0v) is 10.2. The molecule has 2 N–H and O–H groups in total. The molecule has 1 aliphatic carbocycles. The number of aromatic nitrogens is 2. The summed E-state index contributed by atoms with van der Waals surface area (Å²) in [6.07, 6.45) is 4.60. The molecule has 2 aromatic rings. The van der Waals surface area contributed by atoms with Crippen molar-refractivity contribution in [1.29, 1.82) is 0 Å². The molecule has 0 saturated carbocycles. The maximum absolute atomic E-state index is 12.5. The van der Waals surface area contributed by atoms with Gasteiger partial charge in [0.1, 0.15) is 0 Å². The standard InChI is InChI=1S/C14H13N3O2/c15-13(19)14-16-7-8-17(14)11-6-5-9-3-1-2-4-10(9)12(11)18/h1-4,7-8,11H,5-6H2,(H2,15,19). The van der Waals surface area contributed by atoms with Crippen molar-refractivity contribution < 1.29 is 9.59 Å². The molecule has 96 valence electrons. The maximum Gasteiger partial charge on any atom is 0.284 e. The van der Waals surface area contributed by atoms with Crippen molar-refractivity contribution in [2.45, 2.75) is 18.9 Å². The number of primary amides is 1. The van der Waals surface area contributed by atoms with E-state index in [2.05, 4.69) is 4.98 Å². The van der Waals surface area contributed by atoms with Gasteiger partial charge < -0.3 is 10.3 Å². The molecule has 0 bridgehead atoms. The molecule has 1 atom stereocenters. The second kappa shape index (κ2) is 4.35. The molecular formula is C14H13N3O2. The largest absolute Gasteiger partial charge is 0.363 e. The van der Waals surface area contributed by atoms with Gasteiger partial charge in [-0.25, -0.2) is 4.98 Å². The number of hydrogen-bond donors (Lipinski definition) is 1. The average molecular weight is 255 g/mol. The Kier molecular flexibility index (Phi) is 2.67. The first-order valence-corrected chi connectivity index (χ1v) is 6.13. The Morgan fingerprint density at radius 2 is 2.16 bits per heavy atom. The summed E-state index contributed by atoms with van der Waals surface area (Å²) in [5.74, 6) is -0.461. The monoisotopic (exact) mass is 255 g/mol. The third-order valence-electron chi connectivity index (χ3n) is 3.50. The highest BCUT2D eigenvalue weighted by atomic mass is 16.1. The molecule has 0 aliphatic heterocycles. The highest BCUT2D eigenvalue weighted by Gasteiger charge is 2.30. The molecule has 1 aliphatic rings. The van der Waals surface area contributed by atoms with Crippen molar-refractivity contribution in [2.75, 3.05) is 0 Å². The van der Waals surface area contributed by atoms with Gasteiger partial charge in [-0.3, -0.25) is 9.59 Å². The van der Waals surface area contributed by atoms with E-state index in [1.165, 1.54) is 6.20 Å². The normalized spacial score (nSPS) is 18.1. The highest BCUT2D eigenvalue weighted by Crippen LogP contribution is 2.29. The third kappa shape index (κ3) is 1.83. The molecule has 5 heteroatoms. The van der Waals surface area contributed by atoms with Gasteiger partial charge in [-0.2, -0.15) is 0 Å². The summed E-state index contributed by atoms with van der Waals surface area (Å²) >= 11 is 0. The second-order valence-electron chi connectivity index (χ2n) is 4.60. The van der Waals surface area contributed by atoms with E-state index in [9.17, 15) is 9.59 Å². The SMILES string of the molecule is NC(=O)c1nccn1C1CCc2ccccc2C1=O. The topological polar surface area (TPSA) is 78.0 Å². The number of aryl methyl sites for hydroxylation is 1. The van der Waals surface area contributed by atoms with Gasteiger partial charge in [0, 0.05) is 18.0 Å². The lowest BCUT2D eigenvalue weighted by Gasteiger charge is -2.25. The number of amides is 1. The molecule has 0 spiro atoms. The summed E-state index contributed by atoms with van der Waals surface area (Å²) in [6, 6.07) is 7.18. The van der Waals surface area contributed by atoms with E-state index < -0.39 is 5.91 Å². The fourth-order valence-corrected chi connectivity index (χ4v) is 2.60. The second-order valence-corrected chi connectivity index (χ2v) is 4.60. The van der Waals surface area contributed by atoms with E-state index >= 15 is 0 Å². The number of carbonyl (C=O) groups excluding carboxylic acids is 2. The molecule has 1 heterocycles. The smallest absolute Gasteiger partial charge is 0.284 e. The zero-order valence-electron chi connectivity index (χ0n) is 10.2. The average Bonchev–Trinajstić information content (AvgIpc) is 2.89. The van der Waals surface area contributed by atoms with Gasteiger partial charge in [0.05, 0.1) is 6.04 Å². The minimum atomic E-state index is -0.614. The molecule has 0 radical (unpaired) electrons. The van der Waals surface area contributed by atoms with Crippen molar-refractivity contribution >= 4 is 11.7 Å². The van der Waals surface area contributed by atoms with Crippen LogP contribution in [0.2, 0.25) is 0 Å². The number of benzene rings is 1. The van der Waals surface area contributed by atoms with Crippen molar-refractivity contribution in [3.8, 4) is 0 Å². The van der Waals surface area contributed by atoms with Crippen LogP contribution in [0.15, 0.2) is 36.7 Å². The van der Waals surface area contributed by atoms with Crippen LogP contribution in [0.25, 0.3) is 0 Å². The van der Waals surface area contributed by atoms with Crippen molar-refractivity contribution in [3.05, 3.63) is 53.6 Å². The van der Waals surface area contributed by atoms with Crippen molar-refractivity contribution in [3.63, 3.8) is 0 Å². The number of rotatable bonds is 2.